The summed E-state index contributed by atoms with van der Waals surface area (Å²) in [7, 11) is 0. The smallest absolute Gasteiger partial charge is 0.138 e. The van der Waals surface area contributed by atoms with Crippen LogP contribution in [-0.4, -0.2) is 5.11 Å². The zero-order valence-corrected chi connectivity index (χ0v) is 8.97. The zero-order chi connectivity index (χ0) is 10.1. The van der Waals surface area contributed by atoms with Crippen molar-refractivity contribution in [2.45, 2.75) is 20.0 Å². The molecule has 0 amide bonds. The van der Waals surface area contributed by atoms with Crippen LogP contribution in [-0.2, 0) is 0 Å². The first kappa shape index (κ1) is 9.49. The summed E-state index contributed by atoms with van der Waals surface area (Å²) >= 11 is 1.65. The first-order chi connectivity index (χ1) is 6.70. The van der Waals surface area contributed by atoms with Crippen LogP contribution in [0.3, 0.4) is 0 Å². The van der Waals surface area contributed by atoms with Gasteiger partial charge < -0.3 is 9.52 Å². The number of rotatable bonds is 2. The minimum absolute atomic E-state index is 0.603. The van der Waals surface area contributed by atoms with Gasteiger partial charge in [-0.25, -0.2) is 0 Å². The number of aryl methyl sites for hydroxylation is 1. The van der Waals surface area contributed by atoms with Crippen molar-refractivity contribution in [1.82, 2.24) is 0 Å². The Morgan fingerprint density at radius 3 is 2.71 bits per heavy atom. The number of thiophene rings is 1. The molecule has 2 rings (SSSR count). The number of hydrogen-bond donors (Lipinski definition) is 1. The van der Waals surface area contributed by atoms with E-state index in [1.165, 1.54) is 4.88 Å². The summed E-state index contributed by atoms with van der Waals surface area (Å²) in [6, 6.07) is 3.57. The summed E-state index contributed by atoms with van der Waals surface area (Å²) in [5.41, 5.74) is 2.10. The molecule has 0 aliphatic rings. The molecular weight excluding hydrogens is 196 g/mol. The third kappa shape index (κ3) is 1.49. The fourth-order valence-corrected chi connectivity index (χ4v) is 2.31. The third-order valence-electron chi connectivity index (χ3n) is 2.43. The van der Waals surface area contributed by atoms with Crippen molar-refractivity contribution in [3.05, 3.63) is 45.5 Å². The van der Waals surface area contributed by atoms with Crippen molar-refractivity contribution in [1.29, 1.82) is 0 Å². The lowest BCUT2D eigenvalue weighted by atomic mass is 10.1. The number of furan rings is 1. The van der Waals surface area contributed by atoms with E-state index in [9.17, 15) is 5.11 Å². The van der Waals surface area contributed by atoms with E-state index in [-0.39, 0.29) is 0 Å². The largest absolute Gasteiger partial charge is 0.466 e. The van der Waals surface area contributed by atoms with Gasteiger partial charge in [-0.1, -0.05) is 0 Å². The lowest BCUT2D eigenvalue weighted by Crippen LogP contribution is -1.98. The predicted molar refractivity (Wildman–Crippen MR) is 56.6 cm³/mol. The van der Waals surface area contributed by atoms with Crippen LogP contribution >= 0.6 is 11.3 Å². The second kappa shape index (κ2) is 3.59. The van der Waals surface area contributed by atoms with Crippen LogP contribution < -0.4 is 0 Å². The third-order valence-corrected chi connectivity index (χ3v) is 3.46. The number of hydrogen-bond acceptors (Lipinski definition) is 3. The molecule has 0 aliphatic heterocycles. The molecule has 74 valence electrons. The van der Waals surface area contributed by atoms with Gasteiger partial charge >= 0.3 is 0 Å². The van der Waals surface area contributed by atoms with Crippen LogP contribution in [0, 0.1) is 13.8 Å². The molecule has 1 N–H and O–H groups in total. The van der Waals surface area contributed by atoms with Crippen LogP contribution in [0.2, 0.25) is 0 Å². The first-order valence-electron chi connectivity index (χ1n) is 4.46. The van der Waals surface area contributed by atoms with Crippen LogP contribution in [0.25, 0.3) is 0 Å². The fraction of sp³-hybridized carbons (Fsp3) is 0.273. The molecule has 2 nitrogen and oxygen atoms in total. The van der Waals surface area contributed by atoms with Gasteiger partial charge in [0.05, 0.1) is 6.26 Å². The summed E-state index contributed by atoms with van der Waals surface area (Å²) in [6.07, 6.45) is 0.947. The van der Waals surface area contributed by atoms with Crippen LogP contribution in [0.15, 0.2) is 28.2 Å². The molecule has 1 atom stereocenters. The Labute approximate surface area is 86.8 Å². The Balaban J connectivity index is 2.36. The first-order valence-corrected chi connectivity index (χ1v) is 5.34. The van der Waals surface area contributed by atoms with Crippen LogP contribution in [0.1, 0.15) is 27.9 Å². The maximum atomic E-state index is 9.99. The molecule has 0 aromatic carbocycles. The number of aliphatic hydroxyl groups excluding tert-OH is 1. The summed E-state index contributed by atoms with van der Waals surface area (Å²) in [5.74, 6) is 0.603. The SMILES string of the molecule is Cc1scc(C(O)c2ccco2)c1C. The topological polar surface area (TPSA) is 33.4 Å². The second-order valence-corrected chi connectivity index (χ2v) is 4.37. The highest BCUT2D eigenvalue weighted by molar-refractivity contribution is 7.10. The highest BCUT2D eigenvalue weighted by Gasteiger charge is 2.17. The van der Waals surface area contributed by atoms with Crippen LogP contribution in [0.4, 0.5) is 0 Å². The molecule has 3 heteroatoms. The molecule has 0 spiro atoms. The summed E-state index contributed by atoms with van der Waals surface area (Å²) in [6.45, 7) is 4.08. The van der Waals surface area contributed by atoms with Gasteiger partial charge in [0, 0.05) is 10.4 Å². The molecule has 0 fully saturated rings. The van der Waals surface area contributed by atoms with Crippen molar-refractivity contribution < 1.29 is 9.52 Å². The molecular formula is C11H12O2S. The van der Waals surface area contributed by atoms with Gasteiger partial charge in [0.1, 0.15) is 11.9 Å². The van der Waals surface area contributed by atoms with Crippen molar-refractivity contribution in [2.24, 2.45) is 0 Å². The van der Waals surface area contributed by atoms with Crippen molar-refractivity contribution in [3.63, 3.8) is 0 Å². The van der Waals surface area contributed by atoms with E-state index in [1.807, 2.05) is 12.3 Å². The lowest BCUT2D eigenvalue weighted by molar-refractivity contribution is 0.189. The van der Waals surface area contributed by atoms with Crippen molar-refractivity contribution in [2.75, 3.05) is 0 Å². The van der Waals surface area contributed by atoms with E-state index >= 15 is 0 Å². The van der Waals surface area contributed by atoms with E-state index in [0.717, 1.165) is 11.1 Å². The average Bonchev–Trinajstić information content (AvgIpc) is 2.77. The summed E-state index contributed by atoms with van der Waals surface area (Å²) in [5, 5.41) is 12.0. The molecule has 0 bridgehead atoms. The van der Waals surface area contributed by atoms with E-state index in [4.69, 9.17) is 4.42 Å². The predicted octanol–water partition coefficient (Wildman–Crippen LogP) is 3.04. The molecule has 0 saturated carbocycles. The quantitative estimate of drug-likeness (QED) is 0.823. The van der Waals surface area contributed by atoms with Crippen LogP contribution in [0.5, 0.6) is 0 Å². The maximum Gasteiger partial charge on any atom is 0.138 e. The number of aliphatic hydroxyl groups is 1. The Kier molecular flexibility index (Phi) is 2.44. The maximum absolute atomic E-state index is 9.99. The normalized spacial score (nSPS) is 13.1. The van der Waals surface area contributed by atoms with Gasteiger partial charge in [0.25, 0.3) is 0 Å². The van der Waals surface area contributed by atoms with Gasteiger partial charge in [-0.3, -0.25) is 0 Å². The van der Waals surface area contributed by atoms with Gasteiger partial charge in [0.2, 0.25) is 0 Å². The monoisotopic (exact) mass is 208 g/mol. The van der Waals surface area contributed by atoms with Gasteiger partial charge in [-0.15, -0.1) is 11.3 Å². The minimum Gasteiger partial charge on any atom is -0.466 e. The standard InChI is InChI=1S/C11H12O2S/c1-7-8(2)14-6-9(7)11(12)10-4-3-5-13-10/h3-6,11-12H,1-2H3. The summed E-state index contributed by atoms with van der Waals surface area (Å²) in [4.78, 5) is 1.24. The zero-order valence-electron chi connectivity index (χ0n) is 8.15. The van der Waals surface area contributed by atoms with Crippen molar-refractivity contribution in [3.8, 4) is 0 Å². The van der Waals surface area contributed by atoms with E-state index in [1.54, 1.807) is 29.7 Å². The molecule has 0 aliphatic carbocycles. The van der Waals surface area contributed by atoms with Crippen molar-refractivity contribution >= 4 is 11.3 Å². The molecule has 0 saturated heterocycles. The average molecular weight is 208 g/mol. The molecule has 0 radical (unpaired) electrons. The molecule has 2 aromatic heterocycles. The highest BCUT2D eigenvalue weighted by Crippen LogP contribution is 2.30. The summed E-state index contributed by atoms with van der Waals surface area (Å²) < 4.78 is 5.17. The minimum atomic E-state index is -0.630. The molecule has 2 aromatic rings. The van der Waals surface area contributed by atoms with Gasteiger partial charge in [-0.05, 0) is 36.9 Å². The second-order valence-electron chi connectivity index (χ2n) is 3.29. The Hall–Kier alpha value is -1.06. The lowest BCUT2D eigenvalue weighted by Gasteiger charge is -2.07. The van der Waals surface area contributed by atoms with Gasteiger partial charge in [0.15, 0.2) is 0 Å². The van der Waals surface area contributed by atoms with E-state index in [0.29, 0.717) is 5.76 Å². The molecule has 2 heterocycles. The van der Waals surface area contributed by atoms with E-state index in [2.05, 4.69) is 6.92 Å². The fourth-order valence-electron chi connectivity index (χ4n) is 1.40. The highest BCUT2D eigenvalue weighted by atomic mass is 32.1. The Morgan fingerprint density at radius 2 is 2.21 bits per heavy atom. The molecule has 14 heavy (non-hydrogen) atoms. The Bertz CT molecular complexity index is 414. The van der Waals surface area contributed by atoms with E-state index < -0.39 is 6.10 Å². The Morgan fingerprint density at radius 1 is 1.43 bits per heavy atom. The van der Waals surface area contributed by atoms with Gasteiger partial charge in [-0.2, -0.15) is 0 Å². The molecule has 1 unspecified atom stereocenters.